The molecule has 0 saturated carbocycles. The van der Waals surface area contributed by atoms with Gasteiger partial charge >= 0.3 is 27.9 Å². The summed E-state index contributed by atoms with van der Waals surface area (Å²) in [6.45, 7) is 1.63. The van der Waals surface area contributed by atoms with Crippen molar-refractivity contribution in [3.8, 4) is 0 Å². The Morgan fingerprint density at radius 2 is 1.42 bits per heavy atom. The molecular formula is C5H13LiO4SSi. The SMILES string of the molecule is CO[Si](OC)(OC)OC(C)=S.[LiH]. The van der Waals surface area contributed by atoms with Crippen LogP contribution in [-0.4, -0.2) is 54.3 Å². The van der Waals surface area contributed by atoms with E-state index in [-0.39, 0.29) is 18.9 Å². The molecule has 0 aliphatic rings. The second kappa shape index (κ2) is 7.03. The minimum atomic E-state index is -2.92. The summed E-state index contributed by atoms with van der Waals surface area (Å²) >= 11 is 4.72. The van der Waals surface area contributed by atoms with Crippen LogP contribution in [0.25, 0.3) is 0 Å². The van der Waals surface area contributed by atoms with Gasteiger partial charge in [-0.15, -0.1) is 0 Å². The van der Waals surface area contributed by atoms with Crippen LogP contribution in [0.2, 0.25) is 0 Å². The molecule has 0 radical (unpaired) electrons. The van der Waals surface area contributed by atoms with Crippen LogP contribution in [0.3, 0.4) is 0 Å². The number of rotatable bonds is 4. The molecule has 0 N–H and O–H groups in total. The fourth-order valence-corrected chi connectivity index (χ4v) is 1.96. The van der Waals surface area contributed by atoms with E-state index in [9.17, 15) is 0 Å². The Morgan fingerprint density at radius 1 is 1.08 bits per heavy atom. The molecule has 7 heteroatoms. The molecule has 0 unspecified atom stereocenters. The molecule has 4 nitrogen and oxygen atoms in total. The van der Waals surface area contributed by atoms with Crippen LogP contribution in [0.1, 0.15) is 6.92 Å². The third-order valence-electron chi connectivity index (χ3n) is 1.02. The molecule has 0 heterocycles. The minimum absolute atomic E-state index is 0. The summed E-state index contributed by atoms with van der Waals surface area (Å²) in [5, 5.41) is 0.349. The van der Waals surface area contributed by atoms with E-state index in [2.05, 4.69) is 0 Å². The quantitative estimate of drug-likeness (QED) is 0.479. The monoisotopic (exact) mass is 204 g/mol. The van der Waals surface area contributed by atoms with E-state index < -0.39 is 9.05 Å². The fourth-order valence-electron chi connectivity index (χ4n) is 0.551. The van der Waals surface area contributed by atoms with Crippen molar-refractivity contribution in [2.45, 2.75) is 6.92 Å². The Morgan fingerprint density at radius 3 is 1.50 bits per heavy atom. The van der Waals surface area contributed by atoms with E-state index in [1.807, 2.05) is 0 Å². The zero-order valence-corrected chi connectivity index (χ0v) is 8.86. The summed E-state index contributed by atoms with van der Waals surface area (Å²) in [4.78, 5) is 0. The van der Waals surface area contributed by atoms with Gasteiger partial charge in [-0.05, 0) is 12.2 Å². The van der Waals surface area contributed by atoms with Gasteiger partial charge in [0.05, 0.1) is 0 Å². The molecule has 0 aliphatic carbocycles. The summed E-state index contributed by atoms with van der Waals surface area (Å²) < 4.78 is 19.9. The van der Waals surface area contributed by atoms with Crippen LogP contribution in [0.5, 0.6) is 0 Å². The predicted octanol–water partition coefficient (Wildman–Crippen LogP) is 0.0766. The van der Waals surface area contributed by atoms with Crippen molar-refractivity contribution in [3.63, 3.8) is 0 Å². The molecule has 0 spiro atoms. The van der Waals surface area contributed by atoms with Crippen molar-refractivity contribution in [2.75, 3.05) is 21.3 Å². The number of thiocarbonyl (C=S) groups is 1. The molecule has 0 aliphatic heterocycles. The maximum absolute atomic E-state index is 5.09. The second-order valence-electron chi connectivity index (χ2n) is 1.71. The van der Waals surface area contributed by atoms with Crippen LogP contribution in [0.4, 0.5) is 0 Å². The van der Waals surface area contributed by atoms with Gasteiger partial charge < -0.3 is 17.7 Å². The molecule has 0 amide bonds. The standard InChI is InChI=1S/C5H12O4SSi.Li.H/c1-5(10)9-11(6-2,7-3)8-4;;/h1-4H3;;. The molecule has 12 heavy (non-hydrogen) atoms. The Hall–Kier alpha value is 0.584. The predicted molar refractivity (Wildman–Crippen MR) is 53.3 cm³/mol. The van der Waals surface area contributed by atoms with Crippen LogP contribution < -0.4 is 0 Å². The molecule has 68 valence electrons. The third-order valence-corrected chi connectivity index (χ3v) is 3.31. The van der Waals surface area contributed by atoms with Gasteiger partial charge in [0.1, 0.15) is 5.05 Å². The van der Waals surface area contributed by atoms with E-state index >= 15 is 0 Å². The van der Waals surface area contributed by atoms with Gasteiger partial charge in [0.15, 0.2) is 0 Å². The molecule has 0 fully saturated rings. The van der Waals surface area contributed by atoms with Crippen molar-refractivity contribution < 1.29 is 17.7 Å². The molecule has 0 aromatic carbocycles. The van der Waals surface area contributed by atoms with Crippen molar-refractivity contribution in [1.29, 1.82) is 0 Å². The molecule has 0 atom stereocenters. The Bertz CT molecular complexity index is 133. The summed E-state index contributed by atoms with van der Waals surface area (Å²) in [6, 6.07) is 0. The van der Waals surface area contributed by atoms with Crippen LogP contribution >= 0.6 is 12.2 Å². The van der Waals surface area contributed by atoms with E-state index in [0.717, 1.165) is 0 Å². The summed E-state index contributed by atoms with van der Waals surface area (Å²) in [5.74, 6) is 0. The van der Waals surface area contributed by atoms with Gasteiger partial charge in [0, 0.05) is 28.3 Å². The first-order valence-corrected chi connectivity index (χ1v) is 4.99. The molecule has 0 rings (SSSR count). The zero-order valence-electron chi connectivity index (χ0n) is 7.04. The average Bonchev–Trinajstić information content (AvgIpc) is 2.00. The molecule has 0 aromatic rings. The van der Waals surface area contributed by atoms with Crippen molar-refractivity contribution in [2.24, 2.45) is 0 Å². The van der Waals surface area contributed by atoms with E-state index in [1.165, 1.54) is 21.3 Å². The fraction of sp³-hybridized carbons (Fsp3) is 0.800. The van der Waals surface area contributed by atoms with Crippen LogP contribution in [0, 0.1) is 0 Å². The third kappa shape index (κ3) is 4.57. The van der Waals surface area contributed by atoms with Crippen molar-refractivity contribution in [3.05, 3.63) is 0 Å². The summed E-state index contributed by atoms with van der Waals surface area (Å²) in [6.07, 6.45) is 0. The molecule has 0 bridgehead atoms. The van der Waals surface area contributed by atoms with E-state index in [1.54, 1.807) is 6.92 Å². The number of hydrogen-bond acceptors (Lipinski definition) is 5. The zero-order chi connectivity index (χ0) is 8.91. The van der Waals surface area contributed by atoms with E-state index in [4.69, 9.17) is 29.9 Å². The van der Waals surface area contributed by atoms with Crippen LogP contribution in [0.15, 0.2) is 0 Å². The van der Waals surface area contributed by atoms with Gasteiger partial charge in [-0.25, -0.2) is 0 Å². The Labute approximate surface area is 91.2 Å². The van der Waals surface area contributed by atoms with E-state index in [0.29, 0.717) is 5.05 Å². The van der Waals surface area contributed by atoms with Gasteiger partial charge in [-0.3, -0.25) is 0 Å². The molecule has 0 aromatic heterocycles. The van der Waals surface area contributed by atoms with Gasteiger partial charge in [0.25, 0.3) is 0 Å². The summed E-state index contributed by atoms with van der Waals surface area (Å²) in [7, 11) is 1.45. The Kier molecular flexibility index (Phi) is 8.83. The van der Waals surface area contributed by atoms with Gasteiger partial charge in [-0.1, -0.05) is 0 Å². The second-order valence-corrected chi connectivity index (χ2v) is 4.71. The van der Waals surface area contributed by atoms with Crippen LogP contribution in [-0.2, 0) is 17.7 Å². The normalized spacial score (nSPS) is 10.3. The first kappa shape index (κ1) is 15.1. The first-order valence-electron chi connectivity index (χ1n) is 2.95. The first-order chi connectivity index (χ1) is 5.10. The van der Waals surface area contributed by atoms with Gasteiger partial charge in [0.2, 0.25) is 0 Å². The summed E-state index contributed by atoms with van der Waals surface area (Å²) in [5.41, 5.74) is 0. The topological polar surface area (TPSA) is 36.9 Å². The average molecular weight is 204 g/mol. The Balaban J connectivity index is 0. The van der Waals surface area contributed by atoms with Crippen molar-refractivity contribution >= 4 is 45.2 Å². The molecular weight excluding hydrogens is 191 g/mol. The van der Waals surface area contributed by atoms with Crippen molar-refractivity contribution in [1.82, 2.24) is 0 Å². The number of hydrogen-bond donors (Lipinski definition) is 0. The molecule has 0 saturated heterocycles. The van der Waals surface area contributed by atoms with Gasteiger partial charge in [-0.2, -0.15) is 0 Å². The maximum atomic E-state index is 5.09.